The number of hydrogen-bond acceptors (Lipinski definition) is 1. The van der Waals surface area contributed by atoms with E-state index in [2.05, 4.69) is 205 Å². The zero-order chi connectivity index (χ0) is 31.4. The highest BCUT2D eigenvalue weighted by atomic mass is 15.1. The fraction of sp³-hybridized carbons (Fsp3) is 0. The predicted octanol–water partition coefficient (Wildman–Crippen LogP) is 13.0. The summed E-state index contributed by atoms with van der Waals surface area (Å²) >= 11 is 0. The van der Waals surface area contributed by atoms with Gasteiger partial charge in [-0.2, -0.15) is 0 Å². The van der Waals surface area contributed by atoms with Gasteiger partial charge in [-0.3, -0.25) is 0 Å². The second kappa shape index (κ2) is 12.7. The number of hydrogen-bond donors (Lipinski definition) is 0. The molecule has 47 heavy (non-hydrogen) atoms. The molecule has 0 N–H and O–H groups in total. The molecular weight excluding hydrogens is 567 g/mol. The Morgan fingerprint density at radius 2 is 0.766 bits per heavy atom. The lowest BCUT2D eigenvalue weighted by molar-refractivity contribution is 1.28. The van der Waals surface area contributed by atoms with Gasteiger partial charge in [0, 0.05) is 16.9 Å². The van der Waals surface area contributed by atoms with Gasteiger partial charge in [0.15, 0.2) is 0 Å². The van der Waals surface area contributed by atoms with Crippen molar-refractivity contribution in [2.24, 2.45) is 0 Å². The summed E-state index contributed by atoms with van der Waals surface area (Å²) in [5.41, 5.74) is 13.0. The molecule has 0 aliphatic carbocycles. The Morgan fingerprint density at radius 1 is 0.277 bits per heavy atom. The van der Waals surface area contributed by atoms with E-state index in [1.54, 1.807) is 0 Å². The molecule has 0 amide bonds. The quantitative estimate of drug-likeness (QED) is 0.176. The predicted molar refractivity (Wildman–Crippen MR) is 200 cm³/mol. The number of anilines is 3. The van der Waals surface area contributed by atoms with Crippen LogP contribution in [-0.4, -0.2) is 0 Å². The average Bonchev–Trinajstić information content (AvgIpc) is 3.16. The molecule has 0 unspecified atom stereocenters. The molecule has 8 aromatic rings. The topological polar surface area (TPSA) is 3.24 Å². The minimum absolute atomic E-state index is 1.11. The molecule has 0 aliphatic heterocycles. The van der Waals surface area contributed by atoms with Crippen molar-refractivity contribution in [3.8, 4) is 44.5 Å². The molecule has 0 bridgehead atoms. The highest BCUT2D eigenvalue weighted by molar-refractivity contribution is 5.97. The summed E-state index contributed by atoms with van der Waals surface area (Å²) in [5, 5.41) is 2.53. The number of benzene rings is 8. The zero-order valence-electron chi connectivity index (χ0n) is 26.0. The van der Waals surface area contributed by atoms with Crippen molar-refractivity contribution in [3.05, 3.63) is 200 Å². The molecule has 8 rings (SSSR count). The highest BCUT2D eigenvalue weighted by Gasteiger charge is 2.20. The van der Waals surface area contributed by atoms with Crippen LogP contribution in [0.15, 0.2) is 200 Å². The van der Waals surface area contributed by atoms with Crippen molar-refractivity contribution in [1.82, 2.24) is 0 Å². The highest BCUT2D eigenvalue weighted by Crippen LogP contribution is 2.45. The van der Waals surface area contributed by atoms with Crippen LogP contribution < -0.4 is 4.90 Å². The molecule has 1 heteroatoms. The zero-order valence-corrected chi connectivity index (χ0v) is 26.0. The van der Waals surface area contributed by atoms with E-state index in [-0.39, 0.29) is 0 Å². The van der Waals surface area contributed by atoms with Gasteiger partial charge < -0.3 is 4.90 Å². The van der Waals surface area contributed by atoms with E-state index < -0.39 is 0 Å². The molecule has 0 heterocycles. The summed E-state index contributed by atoms with van der Waals surface area (Å²) in [6.07, 6.45) is 0. The molecular formula is C46H33N. The summed E-state index contributed by atoms with van der Waals surface area (Å²) in [5.74, 6) is 0. The molecule has 0 spiro atoms. The van der Waals surface area contributed by atoms with E-state index in [0.29, 0.717) is 0 Å². The van der Waals surface area contributed by atoms with E-state index in [1.807, 2.05) is 0 Å². The number of rotatable bonds is 7. The monoisotopic (exact) mass is 599 g/mol. The Morgan fingerprint density at radius 3 is 1.43 bits per heavy atom. The van der Waals surface area contributed by atoms with Crippen LogP contribution in [0, 0.1) is 0 Å². The summed E-state index contributed by atoms with van der Waals surface area (Å²) in [4.78, 5) is 2.38. The molecule has 0 aliphatic rings. The molecule has 222 valence electrons. The third-order valence-electron chi connectivity index (χ3n) is 8.87. The van der Waals surface area contributed by atoms with E-state index in [9.17, 15) is 0 Å². The van der Waals surface area contributed by atoms with E-state index in [1.165, 1.54) is 55.3 Å². The fourth-order valence-electron chi connectivity index (χ4n) is 6.52. The van der Waals surface area contributed by atoms with E-state index in [4.69, 9.17) is 0 Å². The minimum Gasteiger partial charge on any atom is -0.310 e. The maximum atomic E-state index is 2.38. The Balaban J connectivity index is 1.19. The average molecular weight is 600 g/mol. The molecule has 0 radical (unpaired) electrons. The Labute approximate surface area is 276 Å². The Hall–Kier alpha value is -6.18. The van der Waals surface area contributed by atoms with Gasteiger partial charge in [0.1, 0.15) is 0 Å². The van der Waals surface area contributed by atoms with Gasteiger partial charge in [-0.15, -0.1) is 0 Å². The van der Waals surface area contributed by atoms with Crippen LogP contribution in [0.5, 0.6) is 0 Å². The van der Waals surface area contributed by atoms with Gasteiger partial charge in [-0.25, -0.2) is 0 Å². The van der Waals surface area contributed by atoms with Crippen molar-refractivity contribution in [1.29, 1.82) is 0 Å². The maximum absolute atomic E-state index is 2.38. The van der Waals surface area contributed by atoms with Gasteiger partial charge in [0.05, 0.1) is 5.69 Å². The Bertz CT molecular complexity index is 2250. The standard InChI is InChI=1S/C46H33N/c1-4-14-38(15-5-1)44-21-12-22-45(46(44)39-16-6-2-7-17-39)47(42-19-8-3-9-20-42)43-31-29-36(30-32-43)35-23-25-37(26-24-35)41-28-27-34-13-10-11-18-40(34)33-41/h1-33H. The number of para-hydroxylation sites is 1. The van der Waals surface area contributed by atoms with Crippen LogP contribution in [0.25, 0.3) is 55.3 Å². The first-order valence-electron chi connectivity index (χ1n) is 16.1. The van der Waals surface area contributed by atoms with Crippen LogP contribution in [0.2, 0.25) is 0 Å². The number of fused-ring (bicyclic) bond motifs is 1. The smallest absolute Gasteiger partial charge is 0.0546 e. The molecule has 0 saturated carbocycles. The first-order valence-corrected chi connectivity index (χ1v) is 16.1. The largest absolute Gasteiger partial charge is 0.310 e. The van der Waals surface area contributed by atoms with Gasteiger partial charge in [0.25, 0.3) is 0 Å². The van der Waals surface area contributed by atoms with Crippen molar-refractivity contribution in [2.45, 2.75) is 0 Å². The maximum Gasteiger partial charge on any atom is 0.0546 e. The normalized spacial score (nSPS) is 11.0. The van der Waals surface area contributed by atoms with Crippen LogP contribution in [0.1, 0.15) is 0 Å². The third kappa shape index (κ3) is 5.72. The lowest BCUT2D eigenvalue weighted by Crippen LogP contribution is -2.11. The van der Waals surface area contributed by atoms with Crippen molar-refractivity contribution in [2.75, 3.05) is 4.90 Å². The third-order valence-corrected chi connectivity index (χ3v) is 8.87. The van der Waals surface area contributed by atoms with Gasteiger partial charge in [-0.1, -0.05) is 164 Å². The molecule has 0 fully saturated rings. The van der Waals surface area contributed by atoms with Crippen molar-refractivity contribution >= 4 is 27.8 Å². The lowest BCUT2D eigenvalue weighted by Gasteiger charge is -2.29. The SMILES string of the molecule is c1ccc(-c2cccc(N(c3ccccc3)c3ccc(-c4ccc(-c5ccc6ccccc6c5)cc4)cc3)c2-c2ccccc2)cc1. The second-order valence-electron chi connectivity index (χ2n) is 11.8. The second-order valence-corrected chi connectivity index (χ2v) is 11.8. The van der Waals surface area contributed by atoms with E-state index >= 15 is 0 Å². The van der Waals surface area contributed by atoms with Crippen LogP contribution in [-0.2, 0) is 0 Å². The molecule has 1 nitrogen and oxygen atoms in total. The molecule has 0 atom stereocenters. The minimum atomic E-state index is 1.11. The number of nitrogens with zero attached hydrogens (tertiary/aromatic N) is 1. The molecule has 0 aromatic heterocycles. The summed E-state index contributed by atoms with van der Waals surface area (Å²) < 4.78 is 0. The summed E-state index contributed by atoms with van der Waals surface area (Å²) in [6, 6.07) is 71.8. The van der Waals surface area contributed by atoms with Crippen molar-refractivity contribution in [3.63, 3.8) is 0 Å². The molecule has 0 saturated heterocycles. The van der Waals surface area contributed by atoms with Gasteiger partial charge >= 0.3 is 0 Å². The van der Waals surface area contributed by atoms with Gasteiger partial charge in [-0.05, 0) is 86.1 Å². The Kier molecular flexibility index (Phi) is 7.63. The van der Waals surface area contributed by atoms with Crippen molar-refractivity contribution < 1.29 is 0 Å². The summed E-state index contributed by atoms with van der Waals surface area (Å²) in [6.45, 7) is 0. The first-order chi connectivity index (χ1) is 23.3. The van der Waals surface area contributed by atoms with Gasteiger partial charge in [0.2, 0.25) is 0 Å². The van der Waals surface area contributed by atoms with Crippen LogP contribution in [0.4, 0.5) is 17.1 Å². The molecule has 8 aromatic carbocycles. The fourth-order valence-corrected chi connectivity index (χ4v) is 6.52. The first kappa shape index (κ1) is 28.3. The summed E-state index contributed by atoms with van der Waals surface area (Å²) in [7, 11) is 0. The van der Waals surface area contributed by atoms with Crippen LogP contribution >= 0.6 is 0 Å². The van der Waals surface area contributed by atoms with E-state index in [0.717, 1.165) is 17.1 Å². The van der Waals surface area contributed by atoms with Crippen LogP contribution in [0.3, 0.4) is 0 Å². The lowest BCUT2D eigenvalue weighted by atomic mass is 9.92.